The molecular weight excluding hydrogens is 110 g/mol. The van der Waals surface area contributed by atoms with E-state index in [1.165, 1.54) is 19.3 Å². The van der Waals surface area contributed by atoms with Crippen LogP contribution < -0.4 is 5.32 Å². The van der Waals surface area contributed by atoms with Gasteiger partial charge in [0.15, 0.2) is 0 Å². The van der Waals surface area contributed by atoms with Crippen molar-refractivity contribution in [2.45, 2.75) is 26.2 Å². The maximum absolute atomic E-state index is 3.06. The van der Waals surface area contributed by atoms with Crippen LogP contribution in [0.25, 0.3) is 0 Å². The first-order chi connectivity index (χ1) is 4.41. The Bertz CT molecular complexity index is 67.0. The molecule has 1 N–H and O–H groups in total. The van der Waals surface area contributed by atoms with Crippen molar-refractivity contribution in [1.29, 1.82) is 0 Å². The summed E-state index contributed by atoms with van der Waals surface area (Å²) in [6.07, 6.45) is 8.26. The molecule has 0 saturated carbocycles. The third-order valence-electron chi connectivity index (χ3n) is 1.21. The number of hydrogen-bond donors (Lipinski definition) is 1. The lowest BCUT2D eigenvalue weighted by Gasteiger charge is -1.88. The van der Waals surface area contributed by atoms with Crippen molar-refractivity contribution >= 4 is 0 Å². The highest BCUT2D eigenvalue weighted by Crippen LogP contribution is 1.93. The number of unbranched alkanes of at least 4 members (excludes halogenated alkanes) is 2. The van der Waals surface area contributed by atoms with Crippen molar-refractivity contribution in [3.8, 4) is 0 Å². The highest BCUT2D eigenvalue weighted by molar-refractivity contribution is 4.82. The lowest BCUT2D eigenvalue weighted by molar-refractivity contribution is 0.810. The number of nitrogens with one attached hydrogen (secondary N) is 1. The average Bonchev–Trinajstić information content (AvgIpc) is 1.89. The third-order valence-corrected chi connectivity index (χ3v) is 1.21. The topological polar surface area (TPSA) is 12.0 Å². The Hall–Kier alpha value is -0.300. The molecule has 0 bridgehead atoms. The standard InChI is InChI=1S/C8H17N/c1-3-4-5-6-7-8-9-2/h6-7,9H,3-5,8H2,1-2H3/b7-6-. The van der Waals surface area contributed by atoms with Gasteiger partial charge in [-0.05, 0) is 13.5 Å². The van der Waals surface area contributed by atoms with E-state index in [0.29, 0.717) is 0 Å². The van der Waals surface area contributed by atoms with Crippen LogP contribution in [0.2, 0.25) is 0 Å². The zero-order chi connectivity index (χ0) is 6.95. The summed E-state index contributed by atoms with van der Waals surface area (Å²) in [4.78, 5) is 0. The second kappa shape index (κ2) is 7.70. The maximum atomic E-state index is 3.06. The predicted molar refractivity (Wildman–Crippen MR) is 42.6 cm³/mol. The van der Waals surface area contributed by atoms with Gasteiger partial charge in [-0.3, -0.25) is 0 Å². The molecule has 1 heteroatoms. The first kappa shape index (κ1) is 8.70. The highest BCUT2D eigenvalue weighted by atomic mass is 14.8. The second-order valence-corrected chi connectivity index (χ2v) is 2.17. The van der Waals surface area contributed by atoms with Crippen molar-refractivity contribution in [3.63, 3.8) is 0 Å². The van der Waals surface area contributed by atoms with Crippen molar-refractivity contribution in [2.75, 3.05) is 13.6 Å². The molecule has 0 fully saturated rings. The number of allylic oxidation sites excluding steroid dienone is 1. The Morgan fingerprint density at radius 1 is 1.33 bits per heavy atom. The van der Waals surface area contributed by atoms with Gasteiger partial charge in [-0.25, -0.2) is 0 Å². The molecule has 0 aromatic carbocycles. The zero-order valence-corrected chi connectivity index (χ0v) is 6.48. The van der Waals surface area contributed by atoms with E-state index in [9.17, 15) is 0 Å². The third kappa shape index (κ3) is 7.70. The molecule has 0 saturated heterocycles. The molecule has 0 aromatic rings. The van der Waals surface area contributed by atoms with Gasteiger partial charge in [0.05, 0.1) is 0 Å². The quantitative estimate of drug-likeness (QED) is 0.439. The molecule has 1 nitrogen and oxygen atoms in total. The Morgan fingerprint density at radius 2 is 2.11 bits per heavy atom. The van der Waals surface area contributed by atoms with E-state index in [1.807, 2.05) is 7.05 Å². The maximum Gasteiger partial charge on any atom is 0.0131 e. The minimum absolute atomic E-state index is 1.00. The Labute approximate surface area is 58.2 Å². The van der Waals surface area contributed by atoms with E-state index < -0.39 is 0 Å². The van der Waals surface area contributed by atoms with Gasteiger partial charge in [0.2, 0.25) is 0 Å². The lowest BCUT2D eigenvalue weighted by atomic mass is 10.2. The molecule has 0 heterocycles. The summed E-state index contributed by atoms with van der Waals surface area (Å²) in [5.41, 5.74) is 0. The minimum atomic E-state index is 1.00. The molecule has 0 spiro atoms. The van der Waals surface area contributed by atoms with Crippen LogP contribution in [0.15, 0.2) is 12.2 Å². The fourth-order valence-corrected chi connectivity index (χ4v) is 0.641. The summed E-state index contributed by atoms with van der Waals surface area (Å²) in [6, 6.07) is 0. The normalized spacial score (nSPS) is 10.9. The van der Waals surface area contributed by atoms with Gasteiger partial charge in [0, 0.05) is 6.54 Å². The van der Waals surface area contributed by atoms with E-state index in [0.717, 1.165) is 6.54 Å². The zero-order valence-electron chi connectivity index (χ0n) is 6.48. The van der Waals surface area contributed by atoms with Crippen molar-refractivity contribution in [3.05, 3.63) is 12.2 Å². The van der Waals surface area contributed by atoms with Crippen LogP contribution in [-0.2, 0) is 0 Å². The summed E-state index contributed by atoms with van der Waals surface area (Å²) >= 11 is 0. The molecule has 0 aliphatic heterocycles. The second-order valence-electron chi connectivity index (χ2n) is 2.17. The Morgan fingerprint density at radius 3 is 2.67 bits per heavy atom. The summed E-state index contributed by atoms with van der Waals surface area (Å²) in [7, 11) is 1.96. The smallest absolute Gasteiger partial charge is 0.0131 e. The number of rotatable bonds is 5. The first-order valence-electron chi connectivity index (χ1n) is 3.71. The summed E-state index contributed by atoms with van der Waals surface area (Å²) in [5.74, 6) is 0. The Kier molecular flexibility index (Phi) is 7.44. The molecule has 9 heavy (non-hydrogen) atoms. The molecule has 0 rings (SSSR count). The van der Waals surface area contributed by atoms with E-state index in [2.05, 4.69) is 24.4 Å². The number of likely N-dealkylation sites (N-methyl/N-ethyl adjacent to an activating group) is 1. The molecule has 54 valence electrons. The van der Waals surface area contributed by atoms with Gasteiger partial charge in [-0.15, -0.1) is 0 Å². The molecule has 0 unspecified atom stereocenters. The molecule has 0 aromatic heterocycles. The number of hydrogen-bond acceptors (Lipinski definition) is 1. The van der Waals surface area contributed by atoms with Crippen LogP contribution >= 0.6 is 0 Å². The average molecular weight is 127 g/mol. The van der Waals surface area contributed by atoms with E-state index >= 15 is 0 Å². The fraction of sp³-hybridized carbons (Fsp3) is 0.750. The molecule has 0 aliphatic rings. The van der Waals surface area contributed by atoms with Crippen LogP contribution in [0.5, 0.6) is 0 Å². The Balaban J connectivity index is 2.86. The van der Waals surface area contributed by atoms with E-state index in [4.69, 9.17) is 0 Å². The van der Waals surface area contributed by atoms with E-state index in [-0.39, 0.29) is 0 Å². The lowest BCUT2D eigenvalue weighted by Crippen LogP contribution is -2.03. The van der Waals surface area contributed by atoms with Crippen molar-refractivity contribution in [2.24, 2.45) is 0 Å². The monoisotopic (exact) mass is 127 g/mol. The van der Waals surface area contributed by atoms with Crippen LogP contribution in [0, 0.1) is 0 Å². The minimum Gasteiger partial charge on any atom is -0.316 e. The van der Waals surface area contributed by atoms with E-state index in [1.54, 1.807) is 0 Å². The molecule has 0 aliphatic carbocycles. The SMILES string of the molecule is CCCC/C=C\CNC. The highest BCUT2D eigenvalue weighted by Gasteiger charge is 1.75. The van der Waals surface area contributed by atoms with Crippen LogP contribution in [0.3, 0.4) is 0 Å². The van der Waals surface area contributed by atoms with Crippen LogP contribution in [0.4, 0.5) is 0 Å². The van der Waals surface area contributed by atoms with Crippen molar-refractivity contribution in [1.82, 2.24) is 5.32 Å². The van der Waals surface area contributed by atoms with Crippen molar-refractivity contribution < 1.29 is 0 Å². The van der Waals surface area contributed by atoms with Gasteiger partial charge in [-0.2, -0.15) is 0 Å². The van der Waals surface area contributed by atoms with Gasteiger partial charge >= 0.3 is 0 Å². The van der Waals surface area contributed by atoms with Crippen LogP contribution in [0.1, 0.15) is 26.2 Å². The molecule has 0 atom stereocenters. The van der Waals surface area contributed by atoms with Gasteiger partial charge in [0.1, 0.15) is 0 Å². The fourth-order valence-electron chi connectivity index (χ4n) is 0.641. The van der Waals surface area contributed by atoms with Crippen LogP contribution in [-0.4, -0.2) is 13.6 Å². The van der Waals surface area contributed by atoms with Gasteiger partial charge < -0.3 is 5.32 Å². The molecular formula is C8H17N. The largest absolute Gasteiger partial charge is 0.316 e. The van der Waals surface area contributed by atoms with Gasteiger partial charge in [0.25, 0.3) is 0 Å². The summed E-state index contributed by atoms with van der Waals surface area (Å²) in [5, 5.41) is 3.06. The van der Waals surface area contributed by atoms with Gasteiger partial charge in [-0.1, -0.05) is 31.9 Å². The predicted octanol–water partition coefficient (Wildman–Crippen LogP) is 1.95. The summed E-state index contributed by atoms with van der Waals surface area (Å²) < 4.78 is 0. The first-order valence-corrected chi connectivity index (χ1v) is 3.71. The summed E-state index contributed by atoms with van der Waals surface area (Å²) in [6.45, 7) is 3.22. The molecule has 0 radical (unpaired) electrons. The molecule has 0 amide bonds.